The first kappa shape index (κ1) is 24.6. The first-order chi connectivity index (χ1) is 17.7. The number of aryl methyl sites for hydroxylation is 2. The zero-order chi connectivity index (χ0) is 26.3. The van der Waals surface area contributed by atoms with Crippen LogP contribution >= 0.6 is 0 Å². The molecule has 0 saturated heterocycles. The Kier molecular flexibility index (Phi) is 6.48. The smallest absolute Gasteiger partial charge is 0.251 e. The lowest BCUT2D eigenvalue weighted by atomic mass is 9.82. The number of halogens is 2. The van der Waals surface area contributed by atoms with Gasteiger partial charge in [-0.3, -0.25) is 4.79 Å². The molecule has 1 aliphatic carbocycles. The van der Waals surface area contributed by atoms with Crippen LogP contribution in [0.2, 0.25) is 0 Å². The molecule has 1 heterocycles. The lowest BCUT2D eigenvalue weighted by Crippen LogP contribution is -2.25. The molecule has 7 heteroatoms. The molecule has 1 amide bonds. The van der Waals surface area contributed by atoms with Gasteiger partial charge in [-0.05, 0) is 89.0 Å². The summed E-state index contributed by atoms with van der Waals surface area (Å²) in [7, 11) is 0. The average Bonchev–Trinajstić information content (AvgIpc) is 2.87. The number of rotatable bonds is 5. The Labute approximate surface area is 214 Å². The summed E-state index contributed by atoms with van der Waals surface area (Å²) in [5.74, 6) is -1.05. The number of carbonyl (C=O) groups is 1. The second-order valence-electron chi connectivity index (χ2n) is 9.34. The van der Waals surface area contributed by atoms with Crippen molar-refractivity contribution in [1.82, 2.24) is 10.3 Å². The number of nitrogen functional groups attached to an aromatic ring is 1. The fraction of sp³-hybridized carbons (Fsp3) is 0.200. The molecular weight excluding hydrogens is 472 g/mol. The number of hydrogen-bond acceptors (Lipinski definition) is 4. The minimum atomic E-state index is -0.862. The van der Waals surface area contributed by atoms with E-state index >= 15 is 0 Å². The fourth-order valence-electron chi connectivity index (χ4n) is 5.08. The molecule has 4 N–H and O–H groups in total. The number of nitrogens with zero attached hydrogens (tertiary/aromatic N) is 1. The molecule has 37 heavy (non-hydrogen) atoms. The normalized spacial score (nSPS) is 14.1. The molecule has 0 spiro atoms. The van der Waals surface area contributed by atoms with Crippen molar-refractivity contribution in [1.29, 1.82) is 0 Å². The molecule has 0 fully saturated rings. The van der Waals surface area contributed by atoms with Crippen molar-refractivity contribution >= 4 is 11.7 Å². The molecular formula is C30H27F2N3O2. The van der Waals surface area contributed by atoms with Crippen molar-refractivity contribution in [2.75, 3.05) is 5.73 Å². The van der Waals surface area contributed by atoms with Crippen molar-refractivity contribution in [2.45, 2.75) is 39.3 Å². The SMILES string of the molecule is CCc1cc(N)nc(C)c1CNC(=O)c1ccc2c(c1)Cc1cc(-c3ccc(F)cc3F)ccc1[C@@H]2O. The quantitative estimate of drug-likeness (QED) is 0.343. The third kappa shape index (κ3) is 4.70. The van der Waals surface area contributed by atoms with Crippen LogP contribution in [0.4, 0.5) is 14.6 Å². The summed E-state index contributed by atoms with van der Waals surface area (Å²) in [6.45, 7) is 4.24. The van der Waals surface area contributed by atoms with E-state index in [-0.39, 0.29) is 11.5 Å². The molecule has 0 bridgehead atoms. The maximum Gasteiger partial charge on any atom is 0.251 e. The summed E-state index contributed by atoms with van der Waals surface area (Å²) in [6.07, 6.45) is 0.387. The van der Waals surface area contributed by atoms with Crippen molar-refractivity contribution in [3.63, 3.8) is 0 Å². The third-order valence-corrected chi connectivity index (χ3v) is 7.01. The first-order valence-electron chi connectivity index (χ1n) is 12.2. The van der Waals surface area contributed by atoms with Crippen LogP contribution < -0.4 is 11.1 Å². The first-order valence-corrected chi connectivity index (χ1v) is 12.2. The van der Waals surface area contributed by atoms with Gasteiger partial charge in [-0.15, -0.1) is 0 Å². The second kappa shape index (κ2) is 9.75. The Balaban J connectivity index is 1.39. The van der Waals surface area contributed by atoms with Gasteiger partial charge in [0.2, 0.25) is 0 Å². The maximum absolute atomic E-state index is 14.4. The number of nitrogens with one attached hydrogen (secondary N) is 1. The van der Waals surface area contributed by atoms with E-state index in [4.69, 9.17) is 5.73 Å². The van der Waals surface area contributed by atoms with Crippen molar-refractivity contribution in [2.24, 2.45) is 0 Å². The molecule has 5 nitrogen and oxygen atoms in total. The Morgan fingerprint density at radius 1 is 1.05 bits per heavy atom. The minimum Gasteiger partial charge on any atom is -0.384 e. The lowest BCUT2D eigenvalue weighted by Gasteiger charge is -2.26. The number of anilines is 1. The average molecular weight is 500 g/mol. The van der Waals surface area contributed by atoms with Crippen LogP contribution in [0.5, 0.6) is 0 Å². The van der Waals surface area contributed by atoms with E-state index in [1.165, 1.54) is 12.1 Å². The van der Waals surface area contributed by atoms with E-state index in [1.54, 1.807) is 30.3 Å². The van der Waals surface area contributed by atoms with E-state index < -0.39 is 17.7 Å². The molecule has 0 radical (unpaired) electrons. The Bertz CT molecular complexity index is 1530. The summed E-state index contributed by atoms with van der Waals surface area (Å²) in [5.41, 5.74) is 13.1. The minimum absolute atomic E-state index is 0.233. The molecule has 1 aliphatic rings. The van der Waals surface area contributed by atoms with Crippen LogP contribution in [-0.4, -0.2) is 16.0 Å². The van der Waals surface area contributed by atoms with E-state index in [2.05, 4.69) is 10.3 Å². The molecule has 1 aromatic heterocycles. The zero-order valence-corrected chi connectivity index (χ0v) is 20.6. The molecule has 0 saturated carbocycles. The van der Waals surface area contributed by atoms with Crippen LogP contribution in [0, 0.1) is 18.6 Å². The van der Waals surface area contributed by atoms with E-state index in [0.29, 0.717) is 29.9 Å². The molecule has 5 rings (SSSR count). The summed E-state index contributed by atoms with van der Waals surface area (Å²) in [5, 5.41) is 14.0. The van der Waals surface area contributed by atoms with E-state index in [9.17, 15) is 18.7 Å². The maximum atomic E-state index is 14.4. The largest absolute Gasteiger partial charge is 0.384 e. The predicted molar refractivity (Wildman–Crippen MR) is 139 cm³/mol. The molecule has 4 aromatic rings. The van der Waals surface area contributed by atoms with Crippen LogP contribution in [0.25, 0.3) is 11.1 Å². The Morgan fingerprint density at radius 2 is 1.78 bits per heavy atom. The lowest BCUT2D eigenvalue weighted by molar-refractivity contribution is 0.0950. The standard InChI is InChI=1S/C30H27F2N3O2/c1-3-17-13-28(33)35-16(2)26(17)15-34-30(37)19-5-8-25-21(11-19)12-20-10-18(4-7-24(20)29(25)36)23-9-6-22(31)14-27(23)32/h4-11,13-14,29,36H,3,12,15H2,1-2H3,(H2,33,35)(H,34,37)/t29-/m0/s1. The van der Waals surface area contributed by atoms with Crippen LogP contribution in [0.15, 0.2) is 60.7 Å². The van der Waals surface area contributed by atoms with Gasteiger partial charge in [-0.2, -0.15) is 0 Å². The molecule has 188 valence electrons. The van der Waals surface area contributed by atoms with Crippen molar-refractivity contribution in [3.8, 4) is 11.1 Å². The number of benzene rings is 3. The molecule has 3 aromatic carbocycles. The number of aliphatic hydroxyl groups is 1. The van der Waals surface area contributed by atoms with Crippen LogP contribution in [0.1, 0.15) is 62.5 Å². The van der Waals surface area contributed by atoms with Crippen molar-refractivity contribution < 1.29 is 18.7 Å². The van der Waals surface area contributed by atoms with Gasteiger partial charge >= 0.3 is 0 Å². The highest BCUT2D eigenvalue weighted by Gasteiger charge is 2.25. The van der Waals surface area contributed by atoms with E-state index in [0.717, 1.165) is 51.6 Å². The Hall–Kier alpha value is -4.10. The van der Waals surface area contributed by atoms with E-state index in [1.807, 2.05) is 26.0 Å². The molecule has 0 aliphatic heterocycles. The zero-order valence-electron chi connectivity index (χ0n) is 20.6. The monoisotopic (exact) mass is 499 g/mol. The third-order valence-electron chi connectivity index (χ3n) is 7.01. The summed E-state index contributed by atoms with van der Waals surface area (Å²) < 4.78 is 27.7. The number of fused-ring (bicyclic) bond motifs is 2. The van der Waals surface area contributed by atoms with Gasteiger partial charge in [0, 0.05) is 29.4 Å². The highest BCUT2D eigenvalue weighted by molar-refractivity contribution is 5.94. The van der Waals surface area contributed by atoms with Crippen LogP contribution in [0.3, 0.4) is 0 Å². The van der Waals surface area contributed by atoms with Gasteiger partial charge in [0.05, 0.1) is 0 Å². The fourth-order valence-corrected chi connectivity index (χ4v) is 5.08. The summed E-state index contributed by atoms with van der Waals surface area (Å²) >= 11 is 0. The molecule has 0 unspecified atom stereocenters. The number of nitrogens with two attached hydrogens (primary N) is 1. The number of hydrogen-bond donors (Lipinski definition) is 3. The van der Waals surface area contributed by atoms with Gasteiger partial charge in [-0.25, -0.2) is 13.8 Å². The van der Waals surface area contributed by atoms with Gasteiger partial charge in [-0.1, -0.05) is 31.2 Å². The highest BCUT2D eigenvalue weighted by atomic mass is 19.1. The molecule has 1 atom stereocenters. The van der Waals surface area contributed by atoms with Crippen LogP contribution in [-0.2, 0) is 19.4 Å². The number of pyridine rings is 1. The van der Waals surface area contributed by atoms with Gasteiger partial charge in [0.25, 0.3) is 5.91 Å². The summed E-state index contributed by atoms with van der Waals surface area (Å²) in [4.78, 5) is 17.3. The number of amides is 1. The second-order valence-corrected chi connectivity index (χ2v) is 9.34. The van der Waals surface area contributed by atoms with Gasteiger partial charge < -0.3 is 16.2 Å². The Morgan fingerprint density at radius 3 is 2.51 bits per heavy atom. The predicted octanol–water partition coefficient (Wildman–Crippen LogP) is 5.40. The number of aromatic nitrogens is 1. The van der Waals surface area contributed by atoms with Gasteiger partial charge in [0.15, 0.2) is 0 Å². The van der Waals surface area contributed by atoms with Gasteiger partial charge in [0.1, 0.15) is 23.6 Å². The van der Waals surface area contributed by atoms with Crippen molar-refractivity contribution in [3.05, 3.63) is 117 Å². The topological polar surface area (TPSA) is 88.2 Å². The number of aliphatic hydroxyl groups excluding tert-OH is 1. The number of carbonyl (C=O) groups excluding carboxylic acids is 1. The highest BCUT2D eigenvalue weighted by Crippen LogP contribution is 2.37. The summed E-state index contributed by atoms with van der Waals surface area (Å²) in [6, 6.07) is 15.9.